The molecule has 0 bridgehead atoms. The second kappa shape index (κ2) is 5.55. The summed E-state index contributed by atoms with van der Waals surface area (Å²) in [4.78, 5) is 23.8. The van der Waals surface area contributed by atoms with E-state index in [0.29, 0.717) is 11.5 Å². The van der Waals surface area contributed by atoms with E-state index in [9.17, 15) is 9.59 Å². The molecule has 1 aromatic carbocycles. The number of aromatic nitrogens is 5. The zero-order valence-electron chi connectivity index (χ0n) is 13.6. The predicted molar refractivity (Wildman–Crippen MR) is 86.2 cm³/mol. The van der Waals surface area contributed by atoms with E-state index < -0.39 is 11.4 Å². The van der Waals surface area contributed by atoms with E-state index in [1.165, 1.54) is 27.5 Å². The number of aromatic carboxylic acids is 1. The SMILES string of the molecule is CC(C)(C)c1nn2cnnc2n(Cc2ccc(C(=O)O)cc2)c1=O. The Morgan fingerprint density at radius 1 is 1.21 bits per heavy atom. The highest BCUT2D eigenvalue weighted by atomic mass is 16.4. The lowest BCUT2D eigenvalue weighted by Gasteiger charge is -2.18. The number of hydrogen-bond acceptors (Lipinski definition) is 5. The molecule has 8 heteroatoms. The van der Waals surface area contributed by atoms with Gasteiger partial charge in [-0.05, 0) is 17.7 Å². The fourth-order valence-corrected chi connectivity index (χ4v) is 2.39. The lowest BCUT2D eigenvalue weighted by molar-refractivity contribution is 0.0697. The van der Waals surface area contributed by atoms with E-state index in [4.69, 9.17) is 5.11 Å². The smallest absolute Gasteiger partial charge is 0.335 e. The van der Waals surface area contributed by atoms with Gasteiger partial charge in [-0.3, -0.25) is 9.36 Å². The van der Waals surface area contributed by atoms with Crippen molar-refractivity contribution < 1.29 is 9.90 Å². The summed E-state index contributed by atoms with van der Waals surface area (Å²) in [5, 5.41) is 21.1. The molecular formula is C16H17N5O3. The largest absolute Gasteiger partial charge is 0.478 e. The third-order valence-electron chi connectivity index (χ3n) is 3.66. The first-order valence-electron chi connectivity index (χ1n) is 7.41. The van der Waals surface area contributed by atoms with Crippen molar-refractivity contribution >= 4 is 11.7 Å². The molecule has 0 aliphatic carbocycles. The first-order chi connectivity index (χ1) is 11.3. The van der Waals surface area contributed by atoms with Crippen molar-refractivity contribution in [1.29, 1.82) is 0 Å². The molecule has 3 rings (SSSR count). The summed E-state index contributed by atoms with van der Waals surface area (Å²) in [6.07, 6.45) is 1.45. The highest BCUT2D eigenvalue weighted by Gasteiger charge is 2.23. The zero-order chi connectivity index (χ0) is 17.5. The topological polar surface area (TPSA) is 102 Å². The molecule has 0 saturated carbocycles. The Kier molecular flexibility index (Phi) is 3.67. The lowest BCUT2D eigenvalue weighted by atomic mass is 9.92. The van der Waals surface area contributed by atoms with Gasteiger partial charge in [0.15, 0.2) is 0 Å². The molecule has 2 heterocycles. The van der Waals surface area contributed by atoms with Crippen LogP contribution >= 0.6 is 0 Å². The number of benzene rings is 1. The van der Waals surface area contributed by atoms with Gasteiger partial charge in [0, 0.05) is 5.41 Å². The summed E-state index contributed by atoms with van der Waals surface area (Å²) in [5.41, 5.74) is 0.744. The summed E-state index contributed by atoms with van der Waals surface area (Å²) < 4.78 is 2.98. The van der Waals surface area contributed by atoms with Crippen LogP contribution in [0.25, 0.3) is 5.78 Å². The molecule has 0 fully saturated rings. The predicted octanol–water partition coefficient (Wildman–Crippen LogP) is 1.33. The molecule has 0 aliphatic heterocycles. The van der Waals surface area contributed by atoms with Crippen molar-refractivity contribution in [3.05, 3.63) is 57.8 Å². The molecule has 0 unspecified atom stereocenters. The standard InChI is InChI=1S/C16H17N5O3/c1-16(2,3)12-13(22)20(15-18-17-9-21(15)19-12)8-10-4-6-11(7-5-10)14(23)24/h4-7,9H,8H2,1-3H3,(H,23,24). The van der Waals surface area contributed by atoms with Crippen LogP contribution in [0.2, 0.25) is 0 Å². The van der Waals surface area contributed by atoms with Gasteiger partial charge in [-0.15, -0.1) is 10.2 Å². The summed E-state index contributed by atoms with van der Waals surface area (Å²) in [5.74, 6) is -0.646. The van der Waals surface area contributed by atoms with Crippen molar-refractivity contribution in [3.8, 4) is 0 Å². The molecular weight excluding hydrogens is 310 g/mol. The monoisotopic (exact) mass is 327 g/mol. The van der Waals surface area contributed by atoms with E-state index in [-0.39, 0.29) is 17.7 Å². The van der Waals surface area contributed by atoms with Gasteiger partial charge in [-0.25, -0.2) is 4.79 Å². The van der Waals surface area contributed by atoms with Crippen molar-refractivity contribution in [2.45, 2.75) is 32.7 Å². The first kappa shape index (κ1) is 15.9. The maximum absolute atomic E-state index is 12.8. The summed E-state index contributed by atoms with van der Waals surface area (Å²) in [7, 11) is 0. The Labute approximate surface area is 137 Å². The number of rotatable bonds is 3. The first-order valence-corrected chi connectivity index (χ1v) is 7.41. The molecule has 1 N–H and O–H groups in total. The van der Waals surface area contributed by atoms with Crippen LogP contribution in [0.1, 0.15) is 42.4 Å². The van der Waals surface area contributed by atoms with E-state index >= 15 is 0 Å². The quantitative estimate of drug-likeness (QED) is 0.778. The zero-order valence-corrected chi connectivity index (χ0v) is 13.6. The molecule has 0 saturated heterocycles. The Balaban J connectivity index is 2.11. The number of nitrogens with zero attached hydrogens (tertiary/aromatic N) is 5. The summed E-state index contributed by atoms with van der Waals surface area (Å²) in [6, 6.07) is 6.38. The minimum absolute atomic E-state index is 0.198. The highest BCUT2D eigenvalue weighted by Crippen LogP contribution is 2.17. The number of hydrogen-bond donors (Lipinski definition) is 1. The fourth-order valence-electron chi connectivity index (χ4n) is 2.39. The minimum Gasteiger partial charge on any atom is -0.478 e. The molecule has 0 radical (unpaired) electrons. The van der Waals surface area contributed by atoms with Gasteiger partial charge in [0.1, 0.15) is 12.0 Å². The number of carboxylic acid groups (broad SMARTS) is 1. The summed E-state index contributed by atoms with van der Waals surface area (Å²) >= 11 is 0. The highest BCUT2D eigenvalue weighted by molar-refractivity contribution is 5.87. The molecule has 124 valence electrons. The second-order valence-electron chi connectivity index (χ2n) is 6.57. The van der Waals surface area contributed by atoms with Crippen molar-refractivity contribution in [1.82, 2.24) is 24.4 Å². The lowest BCUT2D eigenvalue weighted by Crippen LogP contribution is -2.34. The van der Waals surface area contributed by atoms with Gasteiger partial charge < -0.3 is 5.11 Å². The second-order valence-corrected chi connectivity index (χ2v) is 6.57. The Morgan fingerprint density at radius 3 is 2.46 bits per heavy atom. The van der Waals surface area contributed by atoms with Crippen LogP contribution in [-0.4, -0.2) is 35.5 Å². The molecule has 0 spiro atoms. The molecule has 24 heavy (non-hydrogen) atoms. The molecule has 2 aromatic heterocycles. The average molecular weight is 327 g/mol. The summed E-state index contributed by atoms with van der Waals surface area (Å²) in [6.45, 7) is 6.00. The van der Waals surface area contributed by atoms with Crippen molar-refractivity contribution in [2.75, 3.05) is 0 Å². The third-order valence-corrected chi connectivity index (χ3v) is 3.66. The van der Waals surface area contributed by atoms with E-state index in [1.807, 2.05) is 20.8 Å². The molecule has 0 atom stereocenters. The van der Waals surface area contributed by atoms with Crippen LogP contribution in [-0.2, 0) is 12.0 Å². The van der Waals surface area contributed by atoms with Gasteiger partial charge in [0.05, 0.1) is 12.1 Å². The molecule has 0 aliphatic rings. The van der Waals surface area contributed by atoms with Gasteiger partial charge in [-0.2, -0.15) is 9.61 Å². The third kappa shape index (κ3) is 2.78. The van der Waals surface area contributed by atoms with Crippen molar-refractivity contribution in [2.24, 2.45) is 0 Å². The number of carbonyl (C=O) groups is 1. The Hall–Kier alpha value is -3.03. The normalized spacial score (nSPS) is 11.8. The van der Waals surface area contributed by atoms with Gasteiger partial charge in [0.25, 0.3) is 11.3 Å². The maximum Gasteiger partial charge on any atom is 0.335 e. The minimum atomic E-state index is -0.988. The van der Waals surface area contributed by atoms with E-state index in [0.717, 1.165) is 5.56 Å². The van der Waals surface area contributed by atoms with Crippen LogP contribution < -0.4 is 5.56 Å². The van der Waals surface area contributed by atoms with Crippen LogP contribution in [0.3, 0.4) is 0 Å². The van der Waals surface area contributed by atoms with Gasteiger partial charge in [-0.1, -0.05) is 32.9 Å². The van der Waals surface area contributed by atoms with Crippen LogP contribution in [0.15, 0.2) is 35.4 Å². The van der Waals surface area contributed by atoms with Crippen LogP contribution in [0, 0.1) is 0 Å². The number of carboxylic acids is 1. The van der Waals surface area contributed by atoms with Crippen LogP contribution in [0.5, 0.6) is 0 Å². The Morgan fingerprint density at radius 2 is 1.88 bits per heavy atom. The number of fused-ring (bicyclic) bond motifs is 1. The fraction of sp³-hybridized carbons (Fsp3) is 0.312. The Bertz CT molecular complexity index is 964. The van der Waals surface area contributed by atoms with Crippen LogP contribution in [0.4, 0.5) is 0 Å². The maximum atomic E-state index is 12.8. The van der Waals surface area contributed by atoms with Gasteiger partial charge in [0.2, 0.25) is 0 Å². The average Bonchev–Trinajstić information content (AvgIpc) is 2.97. The molecule has 0 amide bonds. The van der Waals surface area contributed by atoms with E-state index in [2.05, 4.69) is 15.3 Å². The van der Waals surface area contributed by atoms with Gasteiger partial charge >= 0.3 is 5.97 Å². The molecule has 3 aromatic rings. The van der Waals surface area contributed by atoms with E-state index in [1.54, 1.807) is 12.1 Å². The van der Waals surface area contributed by atoms with Crippen molar-refractivity contribution in [3.63, 3.8) is 0 Å². The molecule has 8 nitrogen and oxygen atoms in total.